The van der Waals surface area contributed by atoms with E-state index in [-0.39, 0.29) is 22.9 Å². The Balaban J connectivity index is 1.67. The molecule has 1 aliphatic heterocycles. The molecule has 174 valence electrons. The van der Waals surface area contributed by atoms with Gasteiger partial charge in [-0.1, -0.05) is 48.0 Å². The molecule has 0 fully saturated rings. The number of hydrogen-bond donors (Lipinski definition) is 0. The van der Waals surface area contributed by atoms with E-state index in [1.165, 1.54) is 13.0 Å². The average molecular weight is 493 g/mol. The summed E-state index contributed by atoms with van der Waals surface area (Å²) in [5.41, 5.74) is -0.412. The Bertz CT molecular complexity index is 1340. The van der Waals surface area contributed by atoms with Crippen molar-refractivity contribution in [2.75, 3.05) is 5.01 Å². The first-order valence-corrected chi connectivity index (χ1v) is 10.2. The average Bonchev–Trinajstić information content (AvgIpc) is 3.10. The first-order valence-electron chi connectivity index (χ1n) is 9.79. The second-order valence-electron chi connectivity index (χ2n) is 7.20. The number of anilines is 1. The number of ether oxygens (including phenoxy) is 1. The van der Waals surface area contributed by atoms with Crippen LogP contribution in [0.5, 0.6) is 5.75 Å². The summed E-state index contributed by atoms with van der Waals surface area (Å²) in [6, 6.07) is 13.7. The van der Waals surface area contributed by atoms with Crippen molar-refractivity contribution in [1.29, 1.82) is 0 Å². The highest BCUT2D eigenvalue weighted by molar-refractivity contribution is 6.32. The normalized spacial score (nSPS) is 14.7. The molecule has 10 heteroatoms. The third-order valence-electron chi connectivity index (χ3n) is 5.02. The van der Waals surface area contributed by atoms with E-state index in [0.29, 0.717) is 16.3 Å². The predicted molar refractivity (Wildman–Crippen MR) is 117 cm³/mol. The van der Waals surface area contributed by atoms with Crippen molar-refractivity contribution in [3.8, 4) is 5.75 Å². The van der Waals surface area contributed by atoms with Gasteiger partial charge >= 0.3 is 0 Å². The zero-order chi connectivity index (χ0) is 24.6. The van der Waals surface area contributed by atoms with E-state index < -0.39 is 40.7 Å². The van der Waals surface area contributed by atoms with E-state index in [4.69, 9.17) is 16.3 Å². The van der Waals surface area contributed by atoms with Crippen molar-refractivity contribution >= 4 is 35.0 Å². The first kappa shape index (κ1) is 23.4. The zero-order valence-corrected chi connectivity index (χ0v) is 18.1. The number of carbonyl (C=O) groups excluding carboxylic acids is 1. The molecule has 1 aliphatic rings. The summed E-state index contributed by atoms with van der Waals surface area (Å²) in [6.45, 7) is 1.49. The maximum atomic E-state index is 14.2. The summed E-state index contributed by atoms with van der Waals surface area (Å²) >= 11 is 6.14. The fourth-order valence-corrected chi connectivity index (χ4v) is 3.46. The van der Waals surface area contributed by atoms with Crippen LogP contribution in [0.1, 0.15) is 18.1 Å². The van der Waals surface area contributed by atoms with E-state index in [0.717, 1.165) is 5.56 Å². The molecule has 3 aromatic rings. The molecule has 0 radical (unpaired) electrons. The quantitative estimate of drug-likeness (QED) is 0.178. The van der Waals surface area contributed by atoms with Crippen LogP contribution >= 0.6 is 11.6 Å². The fraction of sp³-hybridized carbons (Fsp3) is 0.0833. The largest absolute Gasteiger partial charge is 0.488 e. The number of halogens is 6. The number of nitrogens with zero attached hydrogens (tertiary/aromatic N) is 2. The number of hydrogen-bond acceptors (Lipinski definition) is 3. The lowest BCUT2D eigenvalue weighted by Gasteiger charge is -2.15. The van der Waals surface area contributed by atoms with Gasteiger partial charge in [0.15, 0.2) is 23.3 Å². The van der Waals surface area contributed by atoms with Crippen LogP contribution in [0.2, 0.25) is 5.02 Å². The molecule has 0 aliphatic carbocycles. The minimum absolute atomic E-state index is 0.00912. The molecule has 3 aromatic carbocycles. The zero-order valence-electron chi connectivity index (χ0n) is 17.4. The van der Waals surface area contributed by atoms with E-state index >= 15 is 0 Å². The summed E-state index contributed by atoms with van der Waals surface area (Å²) in [4.78, 5) is 12.9. The molecule has 34 heavy (non-hydrogen) atoms. The molecule has 4 rings (SSSR count). The topological polar surface area (TPSA) is 41.9 Å². The van der Waals surface area contributed by atoms with Gasteiger partial charge in [-0.15, -0.1) is 0 Å². The third kappa shape index (κ3) is 4.14. The number of benzene rings is 3. The SMILES string of the molecule is CC1=NN(c2c(F)c(F)c(F)c(F)c2F)C(=O)/C1=C\c1ccccc1OCc1ccccc1Cl. The van der Waals surface area contributed by atoms with Crippen LogP contribution < -0.4 is 9.75 Å². The lowest BCUT2D eigenvalue weighted by atomic mass is 10.1. The van der Waals surface area contributed by atoms with Crippen LogP contribution in [-0.4, -0.2) is 11.6 Å². The monoisotopic (exact) mass is 492 g/mol. The minimum atomic E-state index is -2.33. The lowest BCUT2D eigenvalue weighted by molar-refractivity contribution is -0.114. The van der Waals surface area contributed by atoms with Gasteiger partial charge in [-0.25, -0.2) is 22.0 Å². The van der Waals surface area contributed by atoms with Gasteiger partial charge in [0.1, 0.15) is 18.0 Å². The number of amides is 1. The van der Waals surface area contributed by atoms with Gasteiger partial charge in [0.25, 0.3) is 5.91 Å². The van der Waals surface area contributed by atoms with Crippen LogP contribution in [0.4, 0.5) is 27.6 Å². The molecular formula is C24H14ClF5N2O2. The van der Waals surface area contributed by atoms with Gasteiger partial charge in [0.2, 0.25) is 5.82 Å². The molecule has 0 saturated carbocycles. The van der Waals surface area contributed by atoms with Gasteiger partial charge < -0.3 is 4.74 Å². The summed E-state index contributed by atoms with van der Waals surface area (Å²) in [5.74, 6) is -11.7. The van der Waals surface area contributed by atoms with Crippen molar-refractivity contribution < 1.29 is 31.5 Å². The van der Waals surface area contributed by atoms with Gasteiger partial charge in [0.05, 0.1) is 11.3 Å². The van der Waals surface area contributed by atoms with Gasteiger partial charge in [-0.2, -0.15) is 10.1 Å². The molecule has 1 amide bonds. The van der Waals surface area contributed by atoms with Crippen molar-refractivity contribution in [2.45, 2.75) is 13.5 Å². The van der Waals surface area contributed by atoms with Crippen LogP contribution in [0, 0.1) is 29.1 Å². The van der Waals surface area contributed by atoms with E-state index in [9.17, 15) is 26.7 Å². The number of carbonyl (C=O) groups is 1. The van der Waals surface area contributed by atoms with Crippen molar-refractivity contribution in [1.82, 2.24) is 0 Å². The van der Waals surface area contributed by atoms with Crippen LogP contribution in [0.25, 0.3) is 6.08 Å². The maximum Gasteiger partial charge on any atom is 0.280 e. The summed E-state index contributed by atoms with van der Waals surface area (Å²) in [5, 5.41) is 4.39. The first-order chi connectivity index (χ1) is 16.2. The maximum absolute atomic E-state index is 14.2. The van der Waals surface area contributed by atoms with E-state index in [1.807, 2.05) is 0 Å². The highest BCUT2D eigenvalue weighted by Gasteiger charge is 2.37. The third-order valence-corrected chi connectivity index (χ3v) is 5.39. The molecule has 0 N–H and O–H groups in total. The molecule has 4 nitrogen and oxygen atoms in total. The Morgan fingerprint density at radius 3 is 2.18 bits per heavy atom. The van der Waals surface area contributed by atoms with Gasteiger partial charge in [0, 0.05) is 16.1 Å². The molecule has 0 bridgehead atoms. The Labute approximate surface area is 195 Å². The lowest BCUT2D eigenvalue weighted by Crippen LogP contribution is -2.25. The standard InChI is InChI=1S/C24H14ClF5N2O2/c1-12-15(24(33)32(31-12)23-21(29)19(27)18(26)20(28)22(23)30)10-13-6-3-5-9-17(13)34-11-14-7-2-4-8-16(14)25/h2-10H,11H2,1H3/b15-10-. The molecule has 0 atom stereocenters. The van der Waals surface area contributed by atoms with Crippen LogP contribution in [0.3, 0.4) is 0 Å². The van der Waals surface area contributed by atoms with Crippen molar-refractivity contribution in [2.24, 2.45) is 5.10 Å². The van der Waals surface area contributed by atoms with E-state index in [1.54, 1.807) is 48.5 Å². The number of hydrazone groups is 1. The van der Waals surface area contributed by atoms with Crippen LogP contribution in [0.15, 0.2) is 59.2 Å². The summed E-state index contributed by atoms with van der Waals surface area (Å²) in [6.07, 6.45) is 1.36. The molecule has 1 heterocycles. The fourth-order valence-electron chi connectivity index (χ4n) is 3.27. The smallest absolute Gasteiger partial charge is 0.280 e. The second-order valence-corrected chi connectivity index (χ2v) is 7.60. The molecule has 0 aromatic heterocycles. The molecule has 0 spiro atoms. The predicted octanol–water partition coefficient (Wildman–Crippen LogP) is 6.42. The van der Waals surface area contributed by atoms with Gasteiger partial charge in [-0.05, 0) is 25.1 Å². The second kappa shape index (κ2) is 9.26. The number of para-hydroxylation sites is 1. The van der Waals surface area contributed by atoms with Gasteiger partial charge in [-0.3, -0.25) is 4.79 Å². The summed E-state index contributed by atoms with van der Waals surface area (Å²) < 4.78 is 75.0. The Morgan fingerprint density at radius 1 is 0.912 bits per heavy atom. The van der Waals surface area contributed by atoms with E-state index in [2.05, 4.69) is 5.10 Å². The summed E-state index contributed by atoms with van der Waals surface area (Å²) in [7, 11) is 0. The molecular weight excluding hydrogens is 479 g/mol. The van der Waals surface area contributed by atoms with Crippen molar-refractivity contribution in [3.63, 3.8) is 0 Å². The molecule has 0 saturated heterocycles. The van der Waals surface area contributed by atoms with Crippen LogP contribution in [-0.2, 0) is 11.4 Å². The number of rotatable bonds is 5. The minimum Gasteiger partial charge on any atom is -0.488 e. The Kier molecular flexibility index (Phi) is 6.39. The Hall–Kier alpha value is -3.72. The van der Waals surface area contributed by atoms with Crippen molar-refractivity contribution in [3.05, 3.63) is 99.3 Å². The highest BCUT2D eigenvalue weighted by Crippen LogP contribution is 2.34. The molecule has 0 unspecified atom stereocenters. The Morgan fingerprint density at radius 2 is 1.50 bits per heavy atom. The highest BCUT2D eigenvalue weighted by atomic mass is 35.5.